The molecule has 6 aliphatic heterocycles. The monoisotopic (exact) mass is 1890 g/mol. The van der Waals surface area contributed by atoms with Crippen molar-refractivity contribution in [2.24, 2.45) is 5.73 Å². The van der Waals surface area contributed by atoms with E-state index in [9.17, 15) is 20.0 Å². The van der Waals surface area contributed by atoms with Crippen LogP contribution < -0.4 is 91.6 Å². The van der Waals surface area contributed by atoms with Gasteiger partial charge >= 0.3 is 86.9 Å². The number of thiazole rings is 1. The number of thiocarbonyl (C=S) groups is 1. The summed E-state index contributed by atoms with van der Waals surface area (Å²) >= 11 is 48.1. The molecule has 30 heteroatoms. The first-order chi connectivity index (χ1) is 48.2. The first kappa shape index (κ1) is 105. The minimum Gasteiger partial charge on any atom is -1.00 e. The van der Waals surface area contributed by atoms with Crippen molar-refractivity contribution in [3.63, 3.8) is 0 Å². The maximum Gasteiger partial charge on any atom is 1.00 e. The van der Waals surface area contributed by atoms with E-state index in [-0.39, 0.29) is 151 Å². The standard InChI is InChI=1S/C19H24ClN3OS.C13H14Cl2O2.C12H12ClNO.C12H13ClO3.C8H6ClN.C6H13N3S.C4H8Br2O.2CH4.HI.K.Na.H2O.H2.H/c1-22-8-10-23(11-9-22)18-21-17(14-25-18)19(6-12-24-13-7-19)15-2-4-16(20)5-3-15;14-9-12(16)13(5-7-17-8-6-13)10-1-3-11(15)4-2-10;13-11-3-1-10(2-4-11)12(9-14)5-7-15-8-6-12;13-10-3-1-9(2-4-10)12(11(14)15)5-7-16-8-6-12;9-8-3-1-7(2-4-8)5-6-10;1-8-2-4-9(5-3-8)6(7)10;5-1-3-7-4-2-6;;;;;;;;/h2-5,14H,6-13H2,1H3;1-4H,5-9H2;1-4H,5-8H2;1-4H,5-8H2,(H,14,15);1-4H,5H2;2-5H2,1H3,(H2,7,10);1-4H2;2*1H4;1H;;;1H2;1H;/q;;;;;;;;;;2*+1;;;-1/p-1. The van der Waals surface area contributed by atoms with Crippen LogP contribution in [-0.4, -0.2) is 196 Å². The number of carbonyl (C=O) groups is 2. The molecule has 7 heterocycles. The van der Waals surface area contributed by atoms with Crippen molar-refractivity contribution in [2.75, 3.05) is 154 Å². The zero-order valence-electron chi connectivity index (χ0n) is 60.5. The number of carbonyl (C=O) groups excluding carboxylic acids is 1. The van der Waals surface area contributed by atoms with Gasteiger partial charge in [-0.2, -0.15) is 10.5 Å². The van der Waals surface area contributed by atoms with Crippen molar-refractivity contribution in [2.45, 2.75) is 94.3 Å². The van der Waals surface area contributed by atoms with Gasteiger partial charge in [-0.15, -0.1) is 46.9 Å². The van der Waals surface area contributed by atoms with Gasteiger partial charge in [0.15, 0.2) is 16.0 Å². The van der Waals surface area contributed by atoms with Gasteiger partial charge in [0.05, 0.1) is 59.6 Å². The fourth-order valence-corrected chi connectivity index (χ4v) is 14.7. The Morgan fingerprint density at radius 3 is 1.35 bits per heavy atom. The van der Waals surface area contributed by atoms with Crippen LogP contribution in [0.15, 0.2) is 127 Å². The van der Waals surface area contributed by atoms with Crippen molar-refractivity contribution in [3.05, 3.63) is 185 Å². The van der Waals surface area contributed by atoms with Crippen LogP contribution in [0.3, 0.4) is 0 Å². The zero-order chi connectivity index (χ0) is 72.4. The molecular weight excluding hydrogens is 1790 g/mol. The molecule has 1 aromatic heterocycles. The van der Waals surface area contributed by atoms with Crippen LogP contribution >= 0.6 is 149 Å². The predicted molar refractivity (Wildman–Crippen MR) is 452 cm³/mol. The first-order valence-electron chi connectivity index (χ1n) is 33.2. The second-order valence-corrected chi connectivity index (χ2v) is 30.0. The third kappa shape index (κ3) is 33.1. The number of carboxylic acid groups (broad SMARTS) is 1. The number of hydrogen-bond acceptors (Lipinski definition) is 16. The summed E-state index contributed by atoms with van der Waals surface area (Å²) in [6.45, 7) is 15.1. The first-order valence-corrected chi connectivity index (χ1v) is 39.2. The molecule has 0 unspecified atom stereocenters. The van der Waals surface area contributed by atoms with E-state index in [1.807, 2.05) is 77.7 Å². The molecule has 0 spiro atoms. The summed E-state index contributed by atoms with van der Waals surface area (Å²) in [4.78, 5) is 37.8. The van der Waals surface area contributed by atoms with Crippen LogP contribution in [-0.2, 0) is 61.4 Å². The minimum absolute atomic E-state index is 0. The Bertz CT molecular complexity index is 3500. The maximum absolute atomic E-state index is 12.2. The number of nitrogens with zero attached hydrogens (tertiary/aromatic N) is 7. The van der Waals surface area contributed by atoms with E-state index >= 15 is 0 Å². The molecule has 0 atom stereocenters. The zero-order valence-corrected chi connectivity index (χ0v) is 76.3. The Hall–Kier alpha value is -0.914. The predicted octanol–water partition coefficient (Wildman–Crippen LogP) is 12.0. The number of anilines is 1. The van der Waals surface area contributed by atoms with Crippen molar-refractivity contribution in [1.29, 1.82) is 10.5 Å². The molecule has 578 valence electrons. The number of piperazine rings is 2. The van der Waals surface area contributed by atoms with Crippen LogP contribution in [0.4, 0.5) is 5.13 Å². The van der Waals surface area contributed by atoms with Gasteiger partial charge in [-0.05, 0) is 166 Å². The molecule has 6 saturated heterocycles. The van der Waals surface area contributed by atoms with Gasteiger partial charge in [0.2, 0.25) is 0 Å². The summed E-state index contributed by atoms with van der Waals surface area (Å²) in [7, 11) is 4.29. The summed E-state index contributed by atoms with van der Waals surface area (Å²) < 4.78 is 26.6. The van der Waals surface area contributed by atoms with Gasteiger partial charge in [0, 0.05) is 153 Å². The Labute approximate surface area is 770 Å². The summed E-state index contributed by atoms with van der Waals surface area (Å²) in [6, 6.07) is 42.1. The molecule has 0 amide bonds. The topological polar surface area (TPSA) is 230 Å². The number of Topliss-reactive ketones (excluding diaryl/α,β-unsaturated/α-hetero) is 1. The molecule has 5 aromatic carbocycles. The van der Waals surface area contributed by atoms with Crippen LogP contribution in [0, 0.1) is 22.7 Å². The Morgan fingerprint density at radius 2 is 0.972 bits per heavy atom. The molecule has 0 aliphatic carbocycles. The van der Waals surface area contributed by atoms with E-state index in [0.29, 0.717) is 96.9 Å². The molecule has 0 saturated carbocycles. The minimum atomic E-state index is -0.803. The second kappa shape index (κ2) is 56.4. The number of aliphatic carboxylic acids is 1. The maximum atomic E-state index is 12.2. The van der Waals surface area contributed by atoms with E-state index < -0.39 is 16.8 Å². The molecule has 12 rings (SSSR count). The van der Waals surface area contributed by atoms with E-state index in [4.69, 9.17) is 121 Å². The number of aromatic nitrogens is 1. The molecule has 106 heavy (non-hydrogen) atoms. The van der Waals surface area contributed by atoms with Crippen LogP contribution in [0.1, 0.15) is 103 Å². The number of rotatable bonds is 14. The van der Waals surface area contributed by atoms with Gasteiger partial charge < -0.3 is 61.0 Å². The molecule has 6 aromatic rings. The van der Waals surface area contributed by atoms with Crippen molar-refractivity contribution in [3.8, 4) is 12.1 Å². The number of ether oxygens (including phenoxy) is 5. The molecular formula is C76H103Br2Cl6IKN8NaO9S2. The van der Waals surface area contributed by atoms with Crippen LogP contribution in [0.2, 0.25) is 25.1 Å². The molecule has 17 nitrogen and oxygen atoms in total. The summed E-state index contributed by atoms with van der Waals surface area (Å²) in [5.74, 6) is -0.661. The van der Waals surface area contributed by atoms with Crippen molar-refractivity contribution < 1.29 is 128 Å². The van der Waals surface area contributed by atoms with Gasteiger partial charge in [-0.3, -0.25) is 9.59 Å². The van der Waals surface area contributed by atoms with Crippen LogP contribution in [0.25, 0.3) is 0 Å². The average Bonchev–Trinajstić information content (AvgIpc) is 1.44. The third-order valence-electron chi connectivity index (χ3n) is 18.5. The smallest absolute Gasteiger partial charge is 1.00 e. The SMILES string of the molecule is BrCCOCCBr.C.C.CN1CCN(C(N)=S)CC1.CN1CCN(c2nc(C3(c4ccc(Cl)cc4)CCOCC3)cs2)CC1.I.N#CC1(c2ccc(Cl)cc2)CCOCC1.N#CCc1ccc(Cl)cc1.O=C(CCl)C1(c2ccc(Cl)cc2)CCOCC1.O=C(O)C1(c2ccc(Cl)cc2)CCOCC1.[H-].[HH].[K+].[Na+].[OH-]. The number of alkyl halides is 3. The van der Waals surface area contributed by atoms with Gasteiger partial charge in [-0.25, -0.2) is 4.98 Å². The molecule has 4 N–H and O–H groups in total. The number of carboxylic acids is 1. The fourth-order valence-electron chi connectivity index (χ4n) is 12.2. The van der Waals surface area contributed by atoms with E-state index in [2.05, 4.69) is 90.3 Å². The normalized spacial score (nSPS) is 17.2. The second-order valence-electron chi connectivity index (χ2n) is 24.7. The van der Waals surface area contributed by atoms with Crippen molar-refractivity contribution in [1.82, 2.24) is 19.7 Å². The molecule has 6 aliphatic rings. The molecule has 6 fully saturated rings. The number of benzene rings is 5. The average molecular weight is 1900 g/mol. The van der Waals surface area contributed by atoms with Gasteiger partial charge in [0.1, 0.15) is 0 Å². The fraction of sp³-hybridized carbons (Fsp3) is 0.500. The summed E-state index contributed by atoms with van der Waals surface area (Å²) in [6.07, 6.45) is 6.36. The summed E-state index contributed by atoms with van der Waals surface area (Å²) in [5.41, 5.74) is 10.1. The third-order valence-corrected chi connectivity index (χ3v) is 21.8. The van der Waals surface area contributed by atoms with Gasteiger partial charge in [0.25, 0.3) is 0 Å². The van der Waals surface area contributed by atoms with Crippen LogP contribution in [0.5, 0.6) is 0 Å². The quantitative estimate of drug-likeness (QED) is 0.0339. The van der Waals surface area contributed by atoms with Crippen molar-refractivity contribution >= 4 is 171 Å². The Morgan fingerprint density at radius 1 is 0.613 bits per heavy atom. The molecule has 0 radical (unpaired) electrons. The van der Waals surface area contributed by atoms with Gasteiger partial charge in [-0.1, -0.05) is 165 Å². The number of nitrogens with two attached hydrogens (primary N) is 1. The number of nitriles is 2. The number of ketones is 1. The number of likely N-dealkylation sites (N-methyl/N-ethyl adjacent to an activating group) is 2. The molecule has 0 bridgehead atoms. The van der Waals surface area contributed by atoms with E-state index in [1.54, 1.807) is 47.7 Å². The van der Waals surface area contributed by atoms with E-state index in [0.717, 1.165) is 148 Å². The largest absolute Gasteiger partial charge is 1.00 e. The van der Waals surface area contributed by atoms with E-state index in [1.165, 1.54) is 11.3 Å². The number of hydrogen-bond donors (Lipinski definition) is 2. The Balaban J connectivity index is -0.00000121. The number of halogens is 9. The summed E-state index contributed by atoms with van der Waals surface area (Å²) in [5, 5.41) is 36.4. The Kier molecular flexibility index (Phi) is 55.9.